The van der Waals surface area contributed by atoms with Crippen molar-refractivity contribution in [1.29, 1.82) is 0 Å². The number of allylic oxidation sites excluding steroid dienone is 1. The number of hydroxylamine groups is 1. The molecule has 0 saturated carbocycles. The minimum atomic E-state index is -0.410. The molecule has 2 atom stereocenters. The lowest BCUT2D eigenvalue weighted by Gasteiger charge is -2.47. The van der Waals surface area contributed by atoms with Crippen molar-refractivity contribution in [2.45, 2.75) is 64.4 Å². The zero-order chi connectivity index (χ0) is 20.7. The summed E-state index contributed by atoms with van der Waals surface area (Å²) >= 11 is 0. The molecule has 0 radical (unpaired) electrons. The Bertz CT molecular complexity index is 791. The van der Waals surface area contributed by atoms with E-state index in [0.717, 1.165) is 11.1 Å². The van der Waals surface area contributed by atoms with Gasteiger partial charge in [0.1, 0.15) is 17.1 Å². The zero-order valence-electron chi connectivity index (χ0n) is 17.3. The van der Waals surface area contributed by atoms with Crippen LogP contribution in [0.1, 0.15) is 64.5 Å². The van der Waals surface area contributed by atoms with E-state index in [4.69, 9.17) is 14.7 Å². The number of amides is 1. The number of aliphatic hydroxyl groups is 1. The molecule has 1 aliphatic heterocycles. The highest BCUT2D eigenvalue weighted by Gasteiger charge is 2.47. The van der Waals surface area contributed by atoms with Gasteiger partial charge in [-0.25, -0.2) is 5.48 Å². The second-order valence-corrected chi connectivity index (χ2v) is 9.25. The molecule has 3 rings (SSSR count). The Hall–Kier alpha value is -2.05. The molecular formula is C22H31NO5. The molecule has 0 spiro atoms. The number of phenols is 1. The number of carbonyl (C=O) groups excluding carboxylic acids is 1. The first-order valence-corrected chi connectivity index (χ1v) is 9.83. The van der Waals surface area contributed by atoms with Crippen LogP contribution in [0.15, 0.2) is 23.8 Å². The predicted octanol–water partition coefficient (Wildman–Crippen LogP) is 3.32. The normalized spacial score (nSPS) is 23.1. The van der Waals surface area contributed by atoms with Crippen molar-refractivity contribution in [1.82, 2.24) is 5.48 Å². The number of aliphatic hydroxyl groups excluding tert-OH is 1. The molecule has 28 heavy (non-hydrogen) atoms. The van der Waals surface area contributed by atoms with E-state index in [9.17, 15) is 9.90 Å². The molecule has 2 aliphatic rings. The van der Waals surface area contributed by atoms with E-state index in [1.54, 1.807) is 0 Å². The first-order chi connectivity index (χ1) is 13.0. The van der Waals surface area contributed by atoms with E-state index in [1.165, 1.54) is 0 Å². The Balaban J connectivity index is 1.95. The van der Waals surface area contributed by atoms with E-state index < -0.39 is 5.60 Å². The fourth-order valence-corrected chi connectivity index (χ4v) is 4.24. The minimum Gasteiger partial charge on any atom is -0.508 e. The third kappa shape index (κ3) is 3.89. The van der Waals surface area contributed by atoms with Crippen LogP contribution < -0.4 is 10.2 Å². The van der Waals surface area contributed by atoms with Crippen LogP contribution in [0.25, 0.3) is 0 Å². The van der Waals surface area contributed by atoms with Crippen LogP contribution in [-0.2, 0) is 15.0 Å². The quantitative estimate of drug-likeness (QED) is 0.543. The summed E-state index contributed by atoms with van der Waals surface area (Å²) in [5, 5.41) is 19.6. The Morgan fingerprint density at radius 2 is 2.07 bits per heavy atom. The summed E-state index contributed by atoms with van der Waals surface area (Å²) in [4.78, 5) is 17.4. The SMILES string of the molecule is CC(C)(C)c1cc(O)c2c(c1)OC(C)(C)C1CC=C(C(=O)NOCCO)CC21. The molecule has 1 aromatic carbocycles. The van der Waals surface area contributed by atoms with Gasteiger partial charge in [-0.1, -0.05) is 26.8 Å². The van der Waals surface area contributed by atoms with Crippen molar-refractivity contribution >= 4 is 5.91 Å². The topological polar surface area (TPSA) is 88.0 Å². The number of phenolic OH excluding ortho intramolecular Hbond substituents is 1. The highest BCUT2D eigenvalue weighted by Crippen LogP contribution is 2.54. The summed E-state index contributed by atoms with van der Waals surface area (Å²) in [6.07, 6.45) is 3.11. The molecule has 1 amide bonds. The summed E-state index contributed by atoms with van der Waals surface area (Å²) in [6, 6.07) is 3.84. The van der Waals surface area contributed by atoms with Gasteiger partial charge in [-0.05, 0) is 49.8 Å². The van der Waals surface area contributed by atoms with Gasteiger partial charge < -0.3 is 14.9 Å². The lowest BCUT2D eigenvalue weighted by Crippen LogP contribution is -2.46. The van der Waals surface area contributed by atoms with Gasteiger partial charge in [-0.15, -0.1) is 0 Å². The van der Waals surface area contributed by atoms with Gasteiger partial charge in [0.15, 0.2) is 0 Å². The molecule has 6 nitrogen and oxygen atoms in total. The summed E-state index contributed by atoms with van der Waals surface area (Å²) in [5.41, 5.74) is 4.28. The monoisotopic (exact) mass is 389 g/mol. The molecular weight excluding hydrogens is 358 g/mol. The summed E-state index contributed by atoms with van der Waals surface area (Å²) in [6.45, 7) is 10.3. The molecule has 6 heteroatoms. The van der Waals surface area contributed by atoms with Crippen molar-refractivity contribution < 1.29 is 24.6 Å². The maximum atomic E-state index is 12.4. The fourth-order valence-electron chi connectivity index (χ4n) is 4.24. The number of hydrogen-bond donors (Lipinski definition) is 3. The Morgan fingerprint density at radius 1 is 1.36 bits per heavy atom. The summed E-state index contributed by atoms with van der Waals surface area (Å²) in [7, 11) is 0. The van der Waals surface area contributed by atoms with Gasteiger partial charge in [0, 0.05) is 23.0 Å². The number of carbonyl (C=O) groups is 1. The third-order valence-electron chi connectivity index (χ3n) is 5.82. The molecule has 154 valence electrons. The molecule has 2 unspecified atom stereocenters. The van der Waals surface area contributed by atoms with Crippen molar-refractivity contribution in [3.05, 3.63) is 34.9 Å². The van der Waals surface area contributed by atoms with Gasteiger partial charge in [-0.2, -0.15) is 0 Å². The lowest BCUT2D eigenvalue weighted by molar-refractivity contribution is -0.130. The standard InChI is InChI=1S/C22H31NO5/c1-21(2,3)14-11-17(25)19-15-10-13(20(26)23-27-9-8-24)6-7-16(15)22(4,5)28-18(19)12-14/h6,11-12,15-16,24-25H,7-10H2,1-5H3,(H,23,26). The molecule has 1 aromatic rings. The van der Waals surface area contributed by atoms with Crippen LogP contribution in [0.2, 0.25) is 0 Å². The minimum absolute atomic E-state index is 0.0173. The van der Waals surface area contributed by atoms with Crippen molar-refractivity contribution in [2.24, 2.45) is 5.92 Å². The Kier molecular flexibility index (Phi) is 5.47. The Morgan fingerprint density at radius 3 is 2.71 bits per heavy atom. The van der Waals surface area contributed by atoms with Gasteiger partial charge in [0.05, 0.1) is 13.2 Å². The number of fused-ring (bicyclic) bond motifs is 3. The number of nitrogens with one attached hydrogen (secondary N) is 1. The van der Waals surface area contributed by atoms with E-state index in [-0.39, 0.29) is 42.1 Å². The van der Waals surface area contributed by atoms with E-state index in [0.29, 0.717) is 24.2 Å². The molecule has 0 fully saturated rings. The number of rotatable bonds is 4. The average Bonchev–Trinajstić information content (AvgIpc) is 2.59. The Labute approximate surface area is 166 Å². The third-order valence-corrected chi connectivity index (χ3v) is 5.82. The highest BCUT2D eigenvalue weighted by atomic mass is 16.7. The van der Waals surface area contributed by atoms with Crippen LogP contribution in [0.5, 0.6) is 11.5 Å². The van der Waals surface area contributed by atoms with Gasteiger partial charge in [0.25, 0.3) is 5.91 Å². The van der Waals surface area contributed by atoms with E-state index in [2.05, 4.69) is 40.1 Å². The maximum absolute atomic E-state index is 12.4. The second kappa shape index (κ2) is 7.41. The lowest BCUT2D eigenvalue weighted by atomic mass is 9.66. The average molecular weight is 389 g/mol. The largest absolute Gasteiger partial charge is 0.508 e. The smallest absolute Gasteiger partial charge is 0.270 e. The number of ether oxygens (including phenoxy) is 1. The van der Waals surface area contributed by atoms with Gasteiger partial charge in [-0.3, -0.25) is 9.63 Å². The zero-order valence-corrected chi connectivity index (χ0v) is 17.3. The van der Waals surface area contributed by atoms with Crippen molar-refractivity contribution in [3.8, 4) is 11.5 Å². The highest BCUT2D eigenvalue weighted by molar-refractivity contribution is 5.93. The first-order valence-electron chi connectivity index (χ1n) is 9.83. The van der Waals surface area contributed by atoms with Crippen LogP contribution in [0.3, 0.4) is 0 Å². The molecule has 1 aliphatic carbocycles. The molecule has 0 aromatic heterocycles. The molecule has 1 heterocycles. The van der Waals surface area contributed by atoms with Crippen molar-refractivity contribution in [2.75, 3.05) is 13.2 Å². The van der Waals surface area contributed by atoms with E-state index >= 15 is 0 Å². The van der Waals surface area contributed by atoms with Gasteiger partial charge >= 0.3 is 0 Å². The van der Waals surface area contributed by atoms with Crippen LogP contribution in [0, 0.1) is 5.92 Å². The first kappa shape index (κ1) is 20.7. The van der Waals surface area contributed by atoms with Crippen molar-refractivity contribution in [3.63, 3.8) is 0 Å². The van der Waals surface area contributed by atoms with Crippen LogP contribution in [-0.4, -0.2) is 34.9 Å². The maximum Gasteiger partial charge on any atom is 0.270 e. The van der Waals surface area contributed by atoms with Crippen LogP contribution in [0.4, 0.5) is 0 Å². The second-order valence-electron chi connectivity index (χ2n) is 9.25. The fraction of sp³-hybridized carbons (Fsp3) is 0.591. The number of hydrogen-bond acceptors (Lipinski definition) is 5. The predicted molar refractivity (Wildman–Crippen MR) is 106 cm³/mol. The summed E-state index contributed by atoms with van der Waals surface area (Å²) < 4.78 is 6.34. The van der Waals surface area contributed by atoms with E-state index in [1.807, 2.05) is 18.2 Å². The van der Waals surface area contributed by atoms with Crippen LogP contribution >= 0.6 is 0 Å². The molecule has 0 saturated heterocycles. The summed E-state index contributed by atoms with van der Waals surface area (Å²) in [5.74, 6) is 0.765. The molecule has 0 bridgehead atoms. The number of aromatic hydroxyl groups is 1. The van der Waals surface area contributed by atoms with Gasteiger partial charge in [0.2, 0.25) is 0 Å². The number of benzene rings is 1. The molecule has 3 N–H and O–H groups in total.